The maximum absolute atomic E-state index is 13.8. The Labute approximate surface area is 219 Å². The highest BCUT2D eigenvalue weighted by Gasteiger charge is 2.35. The normalized spacial score (nSPS) is 14.2. The van der Waals surface area contributed by atoms with E-state index in [1.54, 1.807) is 23.7 Å². The Morgan fingerprint density at radius 2 is 1.76 bits per heavy atom. The highest BCUT2D eigenvalue weighted by molar-refractivity contribution is 5.99. The van der Waals surface area contributed by atoms with Gasteiger partial charge in [-0.1, -0.05) is 42.0 Å². The fraction of sp³-hybridized carbons (Fsp3) is 0.200. The number of nitrogens with one attached hydrogen (secondary N) is 1. The lowest BCUT2D eigenvalue weighted by Gasteiger charge is -2.31. The quantitative estimate of drug-likeness (QED) is 0.370. The zero-order valence-corrected chi connectivity index (χ0v) is 21.6. The first-order valence-corrected chi connectivity index (χ1v) is 12.5. The van der Waals surface area contributed by atoms with E-state index >= 15 is 0 Å². The molecule has 8 heteroatoms. The number of benzene rings is 3. The molecule has 1 unspecified atom stereocenters. The van der Waals surface area contributed by atoms with Gasteiger partial charge in [0.2, 0.25) is 0 Å². The molecule has 38 heavy (non-hydrogen) atoms. The van der Waals surface area contributed by atoms with Crippen LogP contribution in [0.3, 0.4) is 0 Å². The van der Waals surface area contributed by atoms with Crippen molar-refractivity contribution in [3.05, 3.63) is 104 Å². The first-order valence-electron chi connectivity index (χ1n) is 12.5. The molecule has 6 rings (SSSR count). The largest absolute Gasteiger partial charge is 0.504 e. The van der Waals surface area contributed by atoms with Crippen molar-refractivity contribution >= 4 is 16.6 Å². The molecule has 2 N–H and O–H groups in total. The van der Waals surface area contributed by atoms with Crippen LogP contribution in [0, 0.1) is 6.92 Å². The zero-order valence-electron chi connectivity index (χ0n) is 21.6. The van der Waals surface area contributed by atoms with E-state index in [1.165, 1.54) is 7.05 Å². The van der Waals surface area contributed by atoms with E-state index < -0.39 is 11.7 Å². The SMILES string of the molecule is CCOc1cc(C2Nc3ccccc3-n3c(-c4cccc(C)c4)c4c(=O)n(C)c(=O)n(C)c4c32)ccc1O. The van der Waals surface area contributed by atoms with Gasteiger partial charge in [-0.3, -0.25) is 13.9 Å². The van der Waals surface area contributed by atoms with Gasteiger partial charge in [-0.15, -0.1) is 0 Å². The summed E-state index contributed by atoms with van der Waals surface area (Å²) in [5.74, 6) is 0.422. The van der Waals surface area contributed by atoms with Crippen LogP contribution in [0.15, 0.2) is 76.3 Å². The summed E-state index contributed by atoms with van der Waals surface area (Å²) in [6.45, 7) is 4.28. The molecule has 2 aromatic heterocycles. The molecule has 1 aliphatic heterocycles. The molecule has 1 aliphatic rings. The fourth-order valence-electron chi connectivity index (χ4n) is 5.51. The van der Waals surface area contributed by atoms with E-state index in [4.69, 9.17) is 4.74 Å². The number of aromatic hydroxyl groups is 1. The van der Waals surface area contributed by atoms with E-state index in [0.29, 0.717) is 23.3 Å². The summed E-state index contributed by atoms with van der Waals surface area (Å²) in [5.41, 5.74) is 5.84. The van der Waals surface area contributed by atoms with E-state index in [1.807, 2.05) is 62.4 Å². The van der Waals surface area contributed by atoms with E-state index in [2.05, 4.69) is 16.0 Å². The third-order valence-corrected chi connectivity index (χ3v) is 7.24. The molecular weight excluding hydrogens is 480 g/mol. The monoisotopic (exact) mass is 508 g/mol. The lowest BCUT2D eigenvalue weighted by molar-refractivity contribution is 0.317. The molecule has 1 atom stereocenters. The number of phenols is 1. The van der Waals surface area contributed by atoms with E-state index in [9.17, 15) is 14.7 Å². The maximum Gasteiger partial charge on any atom is 0.331 e. The van der Waals surface area contributed by atoms with Crippen molar-refractivity contribution in [2.24, 2.45) is 14.1 Å². The second-order valence-electron chi connectivity index (χ2n) is 9.62. The average Bonchev–Trinajstić information content (AvgIpc) is 3.28. The first kappa shape index (κ1) is 23.7. The molecule has 0 spiro atoms. The Hall–Kier alpha value is -4.72. The Balaban J connectivity index is 1.81. The number of nitrogens with zero attached hydrogens (tertiary/aromatic N) is 3. The third kappa shape index (κ3) is 3.37. The van der Waals surface area contributed by atoms with Gasteiger partial charge in [0, 0.05) is 14.1 Å². The topological polar surface area (TPSA) is 90.4 Å². The van der Waals surface area contributed by atoms with Crippen LogP contribution in [-0.2, 0) is 14.1 Å². The zero-order chi connectivity index (χ0) is 26.7. The second kappa shape index (κ2) is 8.69. The van der Waals surface area contributed by atoms with Gasteiger partial charge in [-0.25, -0.2) is 4.79 Å². The Morgan fingerprint density at radius 3 is 2.53 bits per heavy atom. The standard InChI is InChI=1S/C30H28N4O4/c1-5-38-23-16-18(13-14-22(23)35)25-28-27-24(29(36)33(4)30(37)32(27)3)26(19-10-8-9-17(2)15-19)34(28)21-12-7-6-11-20(21)31-25/h6-16,25,31,35H,5H2,1-4H3. The minimum atomic E-state index is -0.441. The van der Waals surface area contributed by atoms with Crippen LogP contribution in [-0.4, -0.2) is 25.4 Å². The van der Waals surface area contributed by atoms with Gasteiger partial charge in [0.15, 0.2) is 11.5 Å². The summed E-state index contributed by atoms with van der Waals surface area (Å²) < 4.78 is 10.5. The summed E-state index contributed by atoms with van der Waals surface area (Å²) in [5, 5.41) is 14.5. The molecule has 0 saturated carbocycles. The Morgan fingerprint density at radius 1 is 0.974 bits per heavy atom. The van der Waals surface area contributed by atoms with E-state index in [0.717, 1.165) is 44.0 Å². The number of rotatable bonds is 4. The molecule has 5 aromatic rings. The van der Waals surface area contributed by atoms with Crippen LogP contribution in [0.4, 0.5) is 5.69 Å². The Kier molecular flexibility index (Phi) is 5.41. The van der Waals surface area contributed by atoms with E-state index in [-0.39, 0.29) is 11.3 Å². The predicted octanol–water partition coefficient (Wildman–Crippen LogP) is 4.62. The number of para-hydroxylation sites is 2. The molecule has 192 valence electrons. The summed E-state index contributed by atoms with van der Waals surface area (Å²) in [4.78, 5) is 27.0. The smallest absolute Gasteiger partial charge is 0.331 e. The van der Waals surface area contributed by atoms with Crippen LogP contribution in [0.5, 0.6) is 11.5 Å². The highest BCUT2D eigenvalue weighted by Crippen LogP contribution is 2.46. The second-order valence-corrected chi connectivity index (χ2v) is 9.62. The summed E-state index contributed by atoms with van der Waals surface area (Å²) in [6.07, 6.45) is 0. The van der Waals surface area contributed by atoms with Crippen LogP contribution in [0.2, 0.25) is 0 Å². The number of ether oxygens (including phenoxy) is 1. The number of aromatic nitrogens is 3. The van der Waals surface area contributed by atoms with Crippen molar-refractivity contribution in [2.75, 3.05) is 11.9 Å². The van der Waals surface area contributed by atoms with Crippen LogP contribution in [0.25, 0.3) is 27.8 Å². The minimum absolute atomic E-state index is 0.0498. The van der Waals surface area contributed by atoms with Crippen molar-refractivity contribution in [1.82, 2.24) is 13.7 Å². The fourth-order valence-corrected chi connectivity index (χ4v) is 5.51. The molecule has 0 fully saturated rings. The van der Waals surface area contributed by atoms with Crippen molar-refractivity contribution in [3.63, 3.8) is 0 Å². The van der Waals surface area contributed by atoms with Crippen molar-refractivity contribution in [3.8, 4) is 28.4 Å². The molecular formula is C30H28N4O4. The minimum Gasteiger partial charge on any atom is -0.504 e. The Bertz CT molecular complexity index is 1860. The summed E-state index contributed by atoms with van der Waals surface area (Å²) >= 11 is 0. The highest BCUT2D eigenvalue weighted by atomic mass is 16.5. The number of hydrogen-bond acceptors (Lipinski definition) is 5. The average molecular weight is 509 g/mol. The molecule has 8 nitrogen and oxygen atoms in total. The van der Waals surface area contributed by atoms with Crippen molar-refractivity contribution < 1.29 is 9.84 Å². The molecule has 0 radical (unpaired) electrons. The van der Waals surface area contributed by atoms with Gasteiger partial charge in [-0.2, -0.15) is 0 Å². The number of anilines is 1. The van der Waals surface area contributed by atoms with Gasteiger partial charge in [0.25, 0.3) is 5.56 Å². The van der Waals surface area contributed by atoms with Gasteiger partial charge in [-0.05, 0) is 55.3 Å². The first-order chi connectivity index (χ1) is 18.3. The molecule has 3 aromatic carbocycles. The maximum atomic E-state index is 13.8. The summed E-state index contributed by atoms with van der Waals surface area (Å²) in [6, 6.07) is 20.8. The molecule has 0 bridgehead atoms. The van der Waals surface area contributed by atoms with Crippen LogP contribution >= 0.6 is 0 Å². The summed E-state index contributed by atoms with van der Waals surface area (Å²) in [7, 11) is 3.21. The molecule has 0 aliphatic carbocycles. The van der Waals surface area contributed by atoms with Gasteiger partial charge < -0.3 is 19.7 Å². The number of phenolic OH excluding ortho intramolecular Hbond substituents is 1. The molecule has 0 saturated heterocycles. The van der Waals surface area contributed by atoms with Gasteiger partial charge >= 0.3 is 5.69 Å². The van der Waals surface area contributed by atoms with Gasteiger partial charge in [0.05, 0.1) is 46.3 Å². The lowest BCUT2D eigenvalue weighted by Crippen LogP contribution is -2.37. The molecule has 0 amide bonds. The predicted molar refractivity (Wildman–Crippen MR) is 149 cm³/mol. The van der Waals surface area contributed by atoms with Crippen LogP contribution in [0.1, 0.15) is 29.8 Å². The van der Waals surface area contributed by atoms with Crippen molar-refractivity contribution in [2.45, 2.75) is 19.9 Å². The number of aryl methyl sites for hydroxylation is 2. The van der Waals surface area contributed by atoms with Gasteiger partial charge in [0.1, 0.15) is 0 Å². The number of fused-ring (bicyclic) bond motifs is 5. The third-order valence-electron chi connectivity index (χ3n) is 7.24. The van der Waals surface area contributed by atoms with Crippen LogP contribution < -0.4 is 21.3 Å². The number of hydrogen-bond donors (Lipinski definition) is 2. The molecule has 3 heterocycles. The lowest BCUT2D eigenvalue weighted by atomic mass is 9.99. The van der Waals surface area contributed by atoms with Crippen molar-refractivity contribution in [1.29, 1.82) is 0 Å².